The molecule has 0 fully saturated rings. The zero-order chi connectivity index (χ0) is 20.5. The van der Waals surface area contributed by atoms with Crippen LogP contribution in [-0.2, 0) is 24.2 Å². The highest BCUT2D eigenvalue weighted by molar-refractivity contribution is 5.89. The first-order chi connectivity index (χ1) is 14.0. The van der Waals surface area contributed by atoms with E-state index in [1.54, 1.807) is 19.2 Å². The summed E-state index contributed by atoms with van der Waals surface area (Å²) in [6.45, 7) is 0.594. The van der Waals surface area contributed by atoms with Crippen molar-refractivity contribution in [1.29, 1.82) is 0 Å². The Morgan fingerprint density at radius 2 is 2.17 bits per heavy atom. The van der Waals surface area contributed by atoms with Gasteiger partial charge in [0.15, 0.2) is 0 Å². The molecule has 1 aromatic heterocycles. The first kappa shape index (κ1) is 19.3. The number of rotatable bonds is 4. The van der Waals surface area contributed by atoms with Crippen molar-refractivity contribution in [2.24, 2.45) is 0 Å². The Hall–Kier alpha value is -3.06. The molecule has 3 aromatic rings. The van der Waals surface area contributed by atoms with Crippen LogP contribution < -0.4 is 11.1 Å². The van der Waals surface area contributed by atoms with E-state index in [1.165, 1.54) is 29.5 Å². The topological polar surface area (TPSA) is 72.5 Å². The zero-order valence-electron chi connectivity index (χ0n) is 16.6. The van der Waals surface area contributed by atoms with Gasteiger partial charge in [0.25, 0.3) is 0 Å². The molecule has 1 atom stereocenters. The fraction of sp³-hybridized carbons (Fsp3) is 0.318. The molecule has 2 amide bonds. The first-order valence-corrected chi connectivity index (χ1v) is 9.68. The number of amides is 2. The van der Waals surface area contributed by atoms with E-state index in [0.29, 0.717) is 18.7 Å². The van der Waals surface area contributed by atoms with Crippen LogP contribution in [0.2, 0.25) is 0 Å². The molecule has 29 heavy (non-hydrogen) atoms. The molecule has 0 bridgehead atoms. The number of hydrogen-bond acceptors (Lipinski definition) is 3. The van der Waals surface area contributed by atoms with Crippen LogP contribution >= 0.6 is 0 Å². The lowest BCUT2D eigenvalue weighted by molar-refractivity contribution is -0.0656. The third-order valence-corrected chi connectivity index (χ3v) is 5.61. The monoisotopic (exact) mass is 396 g/mol. The molecular formula is C22H25FN4O2. The normalized spacial score (nSPS) is 15.9. The Labute approximate surface area is 169 Å². The van der Waals surface area contributed by atoms with Crippen LogP contribution in [0.25, 0.3) is 10.9 Å². The van der Waals surface area contributed by atoms with Crippen molar-refractivity contribution in [2.75, 3.05) is 19.9 Å². The molecule has 0 saturated heterocycles. The number of nitrogen functional groups attached to an aromatic ring is 1. The Bertz CT molecular complexity index is 1060. The predicted octanol–water partition coefficient (Wildman–Crippen LogP) is 3.47. The van der Waals surface area contributed by atoms with Crippen molar-refractivity contribution in [2.45, 2.75) is 31.8 Å². The van der Waals surface area contributed by atoms with Gasteiger partial charge >= 0.3 is 6.03 Å². The highest BCUT2D eigenvalue weighted by Gasteiger charge is 2.27. The van der Waals surface area contributed by atoms with E-state index < -0.39 is 0 Å². The highest BCUT2D eigenvalue weighted by atomic mass is 19.1. The van der Waals surface area contributed by atoms with Crippen molar-refractivity contribution in [3.63, 3.8) is 0 Å². The van der Waals surface area contributed by atoms with Crippen molar-refractivity contribution >= 4 is 22.6 Å². The van der Waals surface area contributed by atoms with Crippen LogP contribution in [0.1, 0.15) is 23.2 Å². The second-order valence-corrected chi connectivity index (χ2v) is 7.49. The minimum absolute atomic E-state index is 0.0160. The highest BCUT2D eigenvalue weighted by Crippen LogP contribution is 2.34. The van der Waals surface area contributed by atoms with Gasteiger partial charge in [-0.25, -0.2) is 14.2 Å². The standard InChI is InChI=1S/C22H25FN4O2/c1-26(29-2)22(28)25-17-7-9-21-19(12-17)18-11-16(24)6-8-20(18)27(21)13-14-4-3-5-15(23)10-14/h3-6,8,10-11,17H,7,9,12-13,24H2,1-2H3,(H,25,28). The largest absolute Gasteiger partial charge is 0.399 e. The quantitative estimate of drug-likeness (QED) is 0.524. The molecule has 1 unspecified atom stereocenters. The van der Waals surface area contributed by atoms with Crippen molar-refractivity contribution in [3.05, 3.63) is 65.1 Å². The SMILES string of the molecule is CON(C)C(=O)NC1CCc2c(c3cc(N)ccc3n2Cc2cccc(F)c2)C1. The van der Waals surface area contributed by atoms with Gasteiger partial charge in [-0.2, -0.15) is 0 Å². The number of fused-ring (bicyclic) bond motifs is 3. The fourth-order valence-corrected chi connectivity index (χ4v) is 4.14. The van der Waals surface area contributed by atoms with Crippen LogP contribution in [0.3, 0.4) is 0 Å². The van der Waals surface area contributed by atoms with E-state index in [9.17, 15) is 9.18 Å². The number of nitrogens with zero attached hydrogens (tertiary/aromatic N) is 2. The number of aromatic nitrogens is 1. The third kappa shape index (κ3) is 3.78. The van der Waals surface area contributed by atoms with E-state index in [4.69, 9.17) is 10.6 Å². The fourth-order valence-electron chi connectivity index (χ4n) is 4.14. The van der Waals surface area contributed by atoms with Gasteiger partial charge in [0.05, 0.1) is 7.11 Å². The molecule has 1 heterocycles. The minimum Gasteiger partial charge on any atom is -0.399 e. The second-order valence-electron chi connectivity index (χ2n) is 7.49. The first-order valence-electron chi connectivity index (χ1n) is 9.68. The minimum atomic E-state index is -0.260. The average molecular weight is 396 g/mol. The summed E-state index contributed by atoms with van der Waals surface area (Å²) in [6.07, 6.45) is 2.36. The van der Waals surface area contributed by atoms with E-state index in [2.05, 4.69) is 9.88 Å². The van der Waals surface area contributed by atoms with Crippen LogP contribution in [0.4, 0.5) is 14.9 Å². The van der Waals surface area contributed by atoms with E-state index in [-0.39, 0.29) is 17.9 Å². The summed E-state index contributed by atoms with van der Waals surface area (Å²) < 4.78 is 15.9. The lowest BCUT2D eigenvalue weighted by Crippen LogP contribution is -2.45. The van der Waals surface area contributed by atoms with Crippen LogP contribution in [0, 0.1) is 5.82 Å². The smallest absolute Gasteiger partial charge is 0.341 e. The number of nitrogens with two attached hydrogens (primary N) is 1. The number of carbonyl (C=O) groups excluding carboxylic acids is 1. The lowest BCUT2D eigenvalue weighted by atomic mass is 9.91. The average Bonchev–Trinajstić information content (AvgIpc) is 2.99. The summed E-state index contributed by atoms with van der Waals surface area (Å²) in [5.74, 6) is -0.234. The van der Waals surface area contributed by atoms with Crippen LogP contribution in [0.15, 0.2) is 42.5 Å². The molecule has 0 spiro atoms. The van der Waals surface area contributed by atoms with E-state index >= 15 is 0 Å². The summed E-state index contributed by atoms with van der Waals surface area (Å²) in [6, 6.07) is 12.4. The zero-order valence-corrected chi connectivity index (χ0v) is 16.6. The Morgan fingerprint density at radius 1 is 1.34 bits per heavy atom. The molecule has 3 N–H and O–H groups in total. The third-order valence-electron chi connectivity index (χ3n) is 5.61. The molecule has 0 saturated carbocycles. The lowest BCUT2D eigenvalue weighted by Gasteiger charge is -2.26. The van der Waals surface area contributed by atoms with Gasteiger partial charge in [-0.15, -0.1) is 0 Å². The molecule has 7 heteroatoms. The Kier molecular flexibility index (Phi) is 5.15. The predicted molar refractivity (Wildman–Crippen MR) is 111 cm³/mol. The molecular weight excluding hydrogens is 371 g/mol. The van der Waals surface area contributed by atoms with Gasteiger partial charge in [-0.05, 0) is 60.7 Å². The molecule has 152 valence electrons. The molecule has 6 nitrogen and oxygen atoms in total. The summed E-state index contributed by atoms with van der Waals surface area (Å²) in [4.78, 5) is 17.1. The maximum absolute atomic E-state index is 13.7. The maximum atomic E-state index is 13.7. The van der Waals surface area contributed by atoms with Gasteiger partial charge in [-0.3, -0.25) is 4.84 Å². The number of benzene rings is 2. The van der Waals surface area contributed by atoms with Gasteiger partial charge in [0.2, 0.25) is 0 Å². The van der Waals surface area contributed by atoms with Crippen molar-refractivity contribution < 1.29 is 14.0 Å². The second kappa shape index (κ2) is 7.75. The molecule has 0 radical (unpaired) electrons. The summed E-state index contributed by atoms with van der Waals surface area (Å²) in [5, 5.41) is 5.30. The van der Waals surface area contributed by atoms with Gasteiger partial charge in [-0.1, -0.05) is 12.1 Å². The number of nitrogens with one attached hydrogen (secondary N) is 1. The van der Waals surface area contributed by atoms with E-state index in [0.717, 1.165) is 29.3 Å². The van der Waals surface area contributed by atoms with Crippen LogP contribution in [0.5, 0.6) is 0 Å². The number of hydroxylamine groups is 2. The number of urea groups is 1. The number of halogens is 1. The molecule has 2 aromatic carbocycles. The molecule has 0 aliphatic heterocycles. The molecule has 1 aliphatic carbocycles. The molecule has 4 rings (SSSR count). The van der Waals surface area contributed by atoms with E-state index in [1.807, 2.05) is 24.3 Å². The van der Waals surface area contributed by atoms with Gasteiger partial charge < -0.3 is 15.6 Å². The molecule has 1 aliphatic rings. The Balaban J connectivity index is 1.70. The summed E-state index contributed by atoms with van der Waals surface area (Å²) in [5.41, 5.74) is 11.2. The van der Waals surface area contributed by atoms with Crippen molar-refractivity contribution in [3.8, 4) is 0 Å². The number of carbonyl (C=O) groups is 1. The van der Waals surface area contributed by atoms with Crippen LogP contribution in [-0.4, -0.2) is 35.9 Å². The summed E-state index contributed by atoms with van der Waals surface area (Å²) in [7, 11) is 3.04. The van der Waals surface area contributed by atoms with Crippen molar-refractivity contribution in [1.82, 2.24) is 14.9 Å². The van der Waals surface area contributed by atoms with Gasteiger partial charge in [0, 0.05) is 41.9 Å². The number of anilines is 1. The Morgan fingerprint density at radius 3 is 2.93 bits per heavy atom. The maximum Gasteiger partial charge on any atom is 0.341 e. The summed E-state index contributed by atoms with van der Waals surface area (Å²) >= 11 is 0. The van der Waals surface area contributed by atoms with Gasteiger partial charge in [0.1, 0.15) is 5.82 Å². The number of hydrogen-bond donors (Lipinski definition) is 2.